The maximum Gasteiger partial charge on any atom is 0.0826 e. The normalized spacial score (nSPS) is 21.1. The number of benzene rings is 1. The van der Waals surface area contributed by atoms with Gasteiger partial charge in [0.05, 0.1) is 12.7 Å². The minimum Gasteiger partial charge on any atom is -0.398 e. The van der Waals surface area contributed by atoms with Crippen molar-refractivity contribution in [3.05, 3.63) is 29.8 Å². The quantitative estimate of drug-likeness (QED) is 0.767. The summed E-state index contributed by atoms with van der Waals surface area (Å²) in [5.41, 5.74) is 7.91. The van der Waals surface area contributed by atoms with Crippen LogP contribution in [-0.4, -0.2) is 43.8 Å². The summed E-state index contributed by atoms with van der Waals surface area (Å²) < 4.78 is 5.74. The van der Waals surface area contributed by atoms with E-state index in [1.807, 2.05) is 18.2 Å². The van der Waals surface area contributed by atoms with Crippen molar-refractivity contribution in [3.8, 4) is 0 Å². The molecule has 1 saturated heterocycles. The van der Waals surface area contributed by atoms with E-state index in [1.165, 1.54) is 0 Å². The summed E-state index contributed by atoms with van der Waals surface area (Å²) in [5.74, 6) is 0. The van der Waals surface area contributed by atoms with E-state index in [4.69, 9.17) is 10.5 Å². The molecule has 1 aromatic carbocycles. The highest BCUT2D eigenvalue weighted by molar-refractivity contribution is 5.46. The van der Waals surface area contributed by atoms with Gasteiger partial charge >= 0.3 is 0 Å². The van der Waals surface area contributed by atoms with E-state index in [9.17, 15) is 0 Å². The first-order valence-corrected chi connectivity index (χ1v) is 6.67. The van der Waals surface area contributed by atoms with Gasteiger partial charge in [-0.2, -0.15) is 0 Å². The smallest absolute Gasteiger partial charge is 0.0826 e. The molecule has 0 radical (unpaired) electrons. The van der Waals surface area contributed by atoms with Crippen LogP contribution in [0.25, 0.3) is 0 Å². The van der Waals surface area contributed by atoms with Crippen molar-refractivity contribution in [1.82, 2.24) is 10.2 Å². The SMILES string of the molecule is CCN1CCOC(CNCc2ccccc2N)C1. The number of likely N-dealkylation sites (N-methyl/N-ethyl adjacent to an activating group) is 1. The van der Waals surface area contributed by atoms with Crippen molar-refractivity contribution >= 4 is 5.69 Å². The molecule has 100 valence electrons. The third-order valence-electron chi connectivity index (χ3n) is 3.41. The molecule has 4 nitrogen and oxygen atoms in total. The highest BCUT2D eigenvalue weighted by atomic mass is 16.5. The second-order valence-electron chi connectivity index (χ2n) is 4.72. The zero-order chi connectivity index (χ0) is 12.8. The number of para-hydroxylation sites is 1. The standard InChI is InChI=1S/C14H23N3O/c1-2-17-7-8-18-13(11-17)10-16-9-12-5-3-4-6-14(12)15/h3-6,13,16H,2,7-11,15H2,1H3. The summed E-state index contributed by atoms with van der Waals surface area (Å²) in [6.07, 6.45) is 0.295. The van der Waals surface area contributed by atoms with Gasteiger partial charge in [-0.25, -0.2) is 0 Å². The number of morpholine rings is 1. The summed E-state index contributed by atoms with van der Waals surface area (Å²) in [4.78, 5) is 2.42. The monoisotopic (exact) mass is 249 g/mol. The fourth-order valence-electron chi connectivity index (χ4n) is 2.25. The number of anilines is 1. The van der Waals surface area contributed by atoms with Gasteiger partial charge < -0.3 is 15.8 Å². The maximum atomic E-state index is 5.90. The van der Waals surface area contributed by atoms with Crippen molar-refractivity contribution < 1.29 is 4.74 Å². The second kappa shape index (κ2) is 6.73. The Labute approximate surface area is 109 Å². The van der Waals surface area contributed by atoms with E-state index in [0.29, 0.717) is 6.10 Å². The molecule has 0 aromatic heterocycles. The first-order valence-electron chi connectivity index (χ1n) is 6.67. The molecule has 18 heavy (non-hydrogen) atoms. The number of nitrogens with one attached hydrogen (secondary N) is 1. The van der Waals surface area contributed by atoms with Gasteiger partial charge in [-0.15, -0.1) is 0 Å². The van der Waals surface area contributed by atoms with E-state index in [1.54, 1.807) is 0 Å². The zero-order valence-electron chi connectivity index (χ0n) is 11.1. The lowest BCUT2D eigenvalue weighted by atomic mass is 10.2. The minimum absolute atomic E-state index is 0.295. The molecule has 1 aliphatic rings. The number of hydrogen-bond acceptors (Lipinski definition) is 4. The predicted octanol–water partition coefficient (Wildman–Crippen LogP) is 1.08. The number of ether oxygens (including phenoxy) is 1. The lowest BCUT2D eigenvalue weighted by Crippen LogP contribution is -2.46. The van der Waals surface area contributed by atoms with E-state index < -0.39 is 0 Å². The first kappa shape index (κ1) is 13.3. The topological polar surface area (TPSA) is 50.5 Å². The number of hydrogen-bond donors (Lipinski definition) is 2. The van der Waals surface area contributed by atoms with E-state index in [2.05, 4.69) is 23.2 Å². The van der Waals surface area contributed by atoms with Crippen LogP contribution in [0.2, 0.25) is 0 Å². The van der Waals surface area contributed by atoms with Crippen LogP contribution in [0.4, 0.5) is 5.69 Å². The number of nitrogens with zero attached hydrogens (tertiary/aromatic N) is 1. The van der Waals surface area contributed by atoms with Crippen LogP contribution in [0, 0.1) is 0 Å². The summed E-state index contributed by atoms with van der Waals surface area (Å²) in [7, 11) is 0. The molecule has 0 saturated carbocycles. The fourth-order valence-corrected chi connectivity index (χ4v) is 2.25. The largest absolute Gasteiger partial charge is 0.398 e. The minimum atomic E-state index is 0.295. The number of nitrogen functional groups attached to an aromatic ring is 1. The summed E-state index contributed by atoms with van der Waals surface area (Å²) in [5, 5.41) is 3.43. The highest BCUT2D eigenvalue weighted by Crippen LogP contribution is 2.10. The molecule has 1 atom stereocenters. The Hall–Kier alpha value is -1.10. The molecule has 3 N–H and O–H groups in total. The molecule has 1 aromatic rings. The molecule has 1 fully saturated rings. The average Bonchev–Trinajstić information content (AvgIpc) is 2.41. The van der Waals surface area contributed by atoms with Gasteiger partial charge in [-0.3, -0.25) is 4.90 Å². The molecule has 0 aliphatic carbocycles. The van der Waals surface area contributed by atoms with Crippen LogP contribution in [0.3, 0.4) is 0 Å². The summed E-state index contributed by atoms with van der Waals surface area (Å²) in [6.45, 7) is 7.90. The van der Waals surface area contributed by atoms with Crippen molar-refractivity contribution in [2.45, 2.75) is 19.6 Å². The molecule has 2 rings (SSSR count). The fraction of sp³-hybridized carbons (Fsp3) is 0.571. The Morgan fingerprint density at radius 1 is 1.44 bits per heavy atom. The van der Waals surface area contributed by atoms with Crippen molar-refractivity contribution in [1.29, 1.82) is 0 Å². The molecule has 1 unspecified atom stereocenters. The van der Waals surface area contributed by atoms with E-state index >= 15 is 0 Å². The van der Waals surface area contributed by atoms with Crippen LogP contribution >= 0.6 is 0 Å². The summed E-state index contributed by atoms with van der Waals surface area (Å²) >= 11 is 0. The Bertz CT molecular complexity index is 370. The molecule has 4 heteroatoms. The Balaban J connectivity index is 1.73. The third-order valence-corrected chi connectivity index (χ3v) is 3.41. The lowest BCUT2D eigenvalue weighted by molar-refractivity contribution is -0.0253. The van der Waals surface area contributed by atoms with Crippen LogP contribution < -0.4 is 11.1 Å². The molecule has 0 bridgehead atoms. The van der Waals surface area contributed by atoms with Gasteiger partial charge in [0.2, 0.25) is 0 Å². The first-order chi connectivity index (χ1) is 8.79. The van der Waals surface area contributed by atoms with Crippen LogP contribution in [0.15, 0.2) is 24.3 Å². The molecule has 1 heterocycles. The van der Waals surface area contributed by atoms with E-state index in [-0.39, 0.29) is 0 Å². The van der Waals surface area contributed by atoms with Gasteiger partial charge in [0.25, 0.3) is 0 Å². The van der Waals surface area contributed by atoms with Crippen molar-refractivity contribution in [2.75, 3.05) is 38.5 Å². The highest BCUT2D eigenvalue weighted by Gasteiger charge is 2.18. The molecule has 0 amide bonds. The van der Waals surface area contributed by atoms with Gasteiger partial charge in [0, 0.05) is 31.9 Å². The third kappa shape index (κ3) is 3.70. The van der Waals surface area contributed by atoms with Gasteiger partial charge in [-0.05, 0) is 18.2 Å². The molecular formula is C14H23N3O. The van der Waals surface area contributed by atoms with E-state index in [0.717, 1.165) is 50.6 Å². The number of nitrogens with two attached hydrogens (primary N) is 1. The average molecular weight is 249 g/mol. The second-order valence-corrected chi connectivity index (χ2v) is 4.72. The van der Waals surface area contributed by atoms with Gasteiger partial charge in [0.1, 0.15) is 0 Å². The predicted molar refractivity (Wildman–Crippen MR) is 74.4 cm³/mol. The lowest BCUT2D eigenvalue weighted by Gasteiger charge is -2.32. The van der Waals surface area contributed by atoms with Crippen LogP contribution in [0.1, 0.15) is 12.5 Å². The number of rotatable bonds is 5. The maximum absolute atomic E-state index is 5.90. The molecular weight excluding hydrogens is 226 g/mol. The zero-order valence-corrected chi connectivity index (χ0v) is 11.1. The summed E-state index contributed by atoms with van der Waals surface area (Å²) in [6, 6.07) is 7.97. The molecule has 0 spiro atoms. The van der Waals surface area contributed by atoms with Crippen LogP contribution in [0.5, 0.6) is 0 Å². The van der Waals surface area contributed by atoms with Gasteiger partial charge in [0.15, 0.2) is 0 Å². The Morgan fingerprint density at radius 2 is 2.28 bits per heavy atom. The molecule has 1 aliphatic heterocycles. The van der Waals surface area contributed by atoms with Gasteiger partial charge in [-0.1, -0.05) is 25.1 Å². The Kier molecular flexibility index (Phi) is 4.99. The van der Waals surface area contributed by atoms with Crippen molar-refractivity contribution in [2.24, 2.45) is 0 Å². The Morgan fingerprint density at radius 3 is 3.06 bits per heavy atom. The van der Waals surface area contributed by atoms with Crippen LogP contribution in [-0.2, 0) is 11.3 Å². The van der Waals surface area contributed by atoms with Crippen molar-refractivity contribution in [3.63, 3.8) is 0 Å².